The van der Waals surface area contributed by atoms with Gasteiger partial charge in [-0.1, -0.05) is 50.6 Å². The number of ether oxygens (including phenoxy) is 1. The number of methoxy groups -OCH3 is 1. The van der Waals surface area contributed by atoms with Gasteiger partial charge in [0.1, 0.15) is 18.3 Å². The molecule has 0 aromatic heterocycles. The van der Waals surface area contributed by atoms with Crippen molar-refractivity contribution in [2.45, 2.75) is 46.7 Å². The number of benzene rings is 2. The molecule has 1 atom stereocenters. The highest BCUT2D eigenvalue weighted by atomic mass is 32.2. The summed E-state index contributed by atoms with van der Waals surface area (Å²) >= 11 is 0. The van der Waals surface area contributed by atoms with Crippen LogP contribution in [-0.2, 0) is 26.2 Å². The minimum absolute atomic E-state index is 0.155. The molecule has 1 unspecified atom stereocenters. The van der Waals surface area contributed by atoms with Crippen molar-refractivity contribution in [1.82, 2.24) is 10.2 Å². The van der Waals surface area contributed by atoms with E-state index in [1.54, 1.807) is 43.5 Å². The molecular weight excluding hydrogens is 466 g/mol. The number of rotatable bonds is 12. The van der Waals surface area contributed by atoms with E-state index in [1.807, 2.05) is 39.8 Å². The number of hydrogen-bond acceptors (Lipinski definition) is 5. The largest absolute Gasteiger partial charge is 0.497 e. The molecule has 2 rings (SSSR count). The molecule has 8 nitrogen and oxygen atoms in total. The average Bonchev–Trinajstić information content (AvgIpc) is 2.81. The molecule has 0 spiro atoms. The molecule has 0 aliphatic heterocycles. The van der Waals surface area contributed by atoms with Gasteiger partial charge in [0, 0.05) is 13.1 Å². The van der Waals surface area contributed by atoms with Gasteiger partial charge in [0.05, 0.1) is 19.1 Å². The SMILES string of the molecule is CCC(C(=O)NCC(C)C)N(Cc1ccc(OC)cc1)C(=O)CN(c1ccc(C)cc1)S(C)(=O)=O. The summed E-state index contributed by atoms with van der Waals surface area (Å²) in [6.07, 6.45) is 1.45. The molecule has 0 bridgehead atoms. The molecule has 2 amide bonds. The zero-order valence-corrected chi connectivity index (χ0v) is 22.3. The Balaban J connectivity index is 2.40. The summed E-state index contributed by atoms with van der Waals surface area (Å²) in [4.78, 5) is 28.1. The van der Waals surface area contributed by atoms with Crippen molar-refractivity contribution in [3.05, 3.63) is 59.7 Å². The van der Waals surface area contributed by atoms with Crippen LogP contribution in [0.3, 0.4) is 0 Å². The van der Waals surface area contributed by atoms with Gasteiger partial charge in [-0.3, -0.25) is 13.9 Å². The highest BCUT2D eigenvalue weighted by Crippen LogP contribution is 2.21. The van der Waals surface area contributed by atoms with E-state index in [2.05, 4.69) is 5.32 Å². The highest BCUT2D eigenvalue weighted by Gasteiger charge is 2.31. The number of anilines is 1. The summed E-state index contributed by atoms with van der Waals surface area (Å²) in [6.45, 7) is 7.95. The van der Waals surface area contributed by atoms with Crippen molar-refractivity contribution in [2.24, 2.45) is 5.92 Å². The van der Waals surface area contributed by atoms with E-state index in [4.69, 9.17) is 4.74 Å². The molecule has 0 fully saturated rings. The first-order valence-electron chi connectivity index (χ1n) is 11.7. The van der Waals surface area contributed by atoms with Gasteiger partial charge in [-0.25, -0.2) is 8.42 Å². The van der Waals surface area contributed by atoms with Crippen LogP contribution in [0.2, 0.25) is 0 Å². The molecule has 1 N–H and O–H groups in total. The van der Waals surface area contributed by atoms with Crippen molar-refractivity contribution >= 4 is 27.5 Å². The number of sulfonamides is 1. The van der Waals surface area contributed by atoms with Crippen LogP contribution < -0.4 is 14.4 Å². The first-order valence-corrected chi connectivity index (χ1v) is 13.6. The van der Waals surface area contributed by atoms with Crippen LogP contribution in [-0.4, -0.2) is 57.6 Å². The summed E-state index contributed by atoms with van der Waals surface area (Å²) in [5, 5.41) is 2.91. The van der Waals surface area contributed by atoms with E-state index >= 15 is 0 Å². The van der Waals surface area contributed by atoms with Crippen LogP contribution in [0.4, 0.5) is 5.69 Å². The van der Waals surface area contributed by atoms with Crippen LogP contribution >= 0.6 is 0 Å². The predicted octanol–water partition coefficient (Wildman–Crippen LogP) is 3.35. The number of hydrogen-bond donors (Lipinski definition) is 1. The Morgan fingerprint density at radius 3 is 2.11 bits per heavy atom. The van der Waals surface area contributed by atoms with Crippen molar-refractivity contribution in [3.8, 4) is 5.75 Å². The lowest BCUT2D eigenvalue weighted by atomic mass is 10.1. The molecule has 0 aliphatic carbocycles. The lowest BCUT2D eigenvalue weighted by molar-refractivity contribution is -0.140. The molecule has 0 heterocycles. The fourth-order valence-corrected chi connectivity index (χ4v) is 4.44. The molecule has 0 radical (unpaired) electrons. The van der Waals surface area contributed by atoms with Gasteiger partial charge >= 0.3 is 0 Å². The maximum Gasteiger partial charge on any atom is 0.244 e. The number of carbonyl (C=O) groups excluding carboxylic acids is 2. The summed E-state index contributed by atoms with van der Waals surface area (Å²) in [5.41, 5.74) is 2.17. The normalized spacial score (nSPS) is 12.2. The zero-order chi connectivity index (χ0) is 26.2. The van der Waals surface area contributed by atoms with Gasteiger partial charge in [-0.15, -0.1) is 0 Å². The average molecular weight is 504 g/mol. The van der Waals surface area contributed by atoms with Crippen molar-refractivity contribution in [2.75, 3.05) is 30.8 Å². The monoisotopic (exact) mass is 503 g/mol. The van der Waals surface area contributed by atoms with Crippen LogP contribution in [0.1, 0.15) is 38.3 Å². The van der Waals surface area contributed by atoms with Gasteiger partial charge in [0.2, 0.25) is 21.8 Å². The van der Waals surface area contributed by atoms with Crippen LogP contribution in [0.5, 0.6) is 5.75 Å². The second-order valence-electron chi connectivity index (χ2n) is 9.04. The van der Waals surface area contributed by atoms with E-state index in [0.29, 0.717) is 24.4 Å². The van der Waals surface area contributed by atoms with Crippen LogP contribution in [0, 0.1) is 12.8 Å². The molecular formula is C26H37N3O5S. The molecule has 0 saturated heterocycles. The van der Waals surface area contributed by atoms with Crippen molar-refractivity contribution in [1.29, 1.82) is 0 Å². The Morgan fingerprint density at radius 1 is 1.03 bits per heavy atom. The molecule has 0 saturated carbocycles. The molecule has 2 aromatic carbocycles. The zero-order valence-electron chi connectivity index (χ0n) is 21.4. The minimum atomic E-state index is -3.75. The molecule has 2 aromatic rings. The third kappa shape index (κ3) is 8.28. The van der Waals surface area contributed by atoms with Crippen molar-refractivity contribution in [3.63, 3.8) is 0 Å². The number of aryl methyl sites for hydroxylation is 1. The topological polar surface area (TPSA) is 96.0 Å². The second-order valence-corrected chi connectivity index (χ2v) is 10.9. The van der Waals surface area contributed by atoms with E-state index in [-0.39, 0.29) is 18.4 Å². The van der Waals surface area contributed by atoms with E-state index < -0.39 is 28.5 Å². The second kappa shape index (κ2) is 12.6. The number of carbonyl (C=O) groups is 2. The molecule has 9 heteroatoms. The number of amides is 2. The van der Waals surface area contributed by atoms with Gasteiger partial charge in [0.15, 0.2) is 0 Å². The minimum Gasteiger partial charge on any atom is -0.497 e. The van der Waals surface area contributed by atoms with Crippen LogP contribution in [0.15, 0.2) is 48.5 Å². The smallest absolute Gasteiger partial charge is 0.244 e. The standard InChI is InChI=1S/C26H37N3O5S/c1-7-24(26(31)27-16-19(2)3)28(17-21-10-14-23(34-5)15-11-21)25(30)18-29(35(6,32)33)22-12-8-20(4)9-13-22/h8-15,19,24H,7,16-18H2,1-6H3,(H,27,31). The fraction of sp³-hybridized carbons (Fsp3) is 0.462. The Hall–Kier alpha value is -3.07. The summed E-state index contributed by atoms with van der Waals surface area (Å²) in [5.74, 6) is 0.211. The maximum absolute atomic E-state index is 13.6. The Bertz CT molecular complexity index is 1080. The van der Waals surface area contributed by atoms with E-state index in [1.165, 1.54) is 4.90 Å². The first-order chi connectivity index (χ1) is 16.5. The third-order valence-electron chi connectivity index (χ3n) is 5.58. The van der Waals surface area contributed by atoms with Crippen LogP contribution in [0.25, 0.3) is 0 Å². The molecule has 0 aliphatic rings. The first kappa shape index (κ1) is 28.2. The van der Waals surface area contributed by atoms with E-state index in [0.717, 1.165) is 21.7 Å². The van der Waals surface area contributed by atoms with Gasteiger partial charge in [-0.2, -0.15) is 0 Å². The number of nitrogens with one attached hydrogen (secondary N) is 1. The van der Waals surface area contributed by atoms with Gasteiger partial charge < -0.3 is 15.0 Å². The summed E-state index contributed by atoms with van der Waals surface area (Å²) in [6, 6.07) is 13.4. The fourth-order valence-electron chi connectivity index (χ4n) is 3.59. The lowest BCUT2D eigenvalue weighted by Gasteiger charge is -2.33. The van der Waals surface area contributed by atoms with E-state index in [9.17, 15) is 18.0 Å². The summed E-state index contributed by atoms with van der Waals surface area (Å²) < 4.78 is 31.5. The molecule has 192 valence electrons. The Labute approximate surface area is 209 Å². The highest BCUT2D eigenvalue weighted by molar-refractivity contribution is 7.92. The molecule has 35 heavy (non-hydrogen) atoms. The van der Waals surface area contributed by atoms with Crippen molar-refractivity contribution < 1.29 is 22.7 Å². The number of nitrogens with zero attached hydrogens (tertiary/aromatic N) is 2. The quantitative estimate of drug-likeness (QED) is 0.479. The maximum atomic E-state index is 13.6. The van der Waals surface area contributed by atoms with Gasteiger partial charge in [0.25, 0.3) is 0 Å². The lowest BCUT2D eigenvalue weighted by Crippen LogP contribution is -2.52. The van der Waals surface area contributed by atoms with Gasteiger partial charge in [-0.05, 0) is 49.1 Å². The Morgan fingerprint density at radius 2 is 1.63 bits per heavy atom. The Kier molecular flexibility index (Phi) is 10.1. The summed E-state index contributed by atoms with van der Waals surface area (Å²) in [7, 11) is -2.18. The predicted molar refractivity (Wildman–Crippen MR) is 139 cm³/mol. The third-order valence-corrected chi connectivity index (χ3v) is 6.72.